The highest BCUT2D eigenvalue weighted by Crippen LogP contribution is 2.41. The summed E-state index contributed by atoms with van der Waals surface area (Å²) in [6, 6.07) is 0. The minimum Gasteiger partial charge on any atom is -0.356 e. The van der Waals surface area contributed by atoms with Crippen molar-refractivity contribution in [3.05, 3.63) is 18.0 Å². The molecule has 0 bridgehead atoms. The molecule has 2 fully saturated rings. The van der Waals surface area contributed by atoms with Crippen molar-refractivity contribution in [3.63, 3.8) is 0 Å². The number of hydrogen-bond acceptors (Lipinski definition) is 3. The minimum absolute atomic E-state index is 0.0125. The third-order valence-electron chi connectivity index (χ3n) is 5.57. The standard InChI is InChI=1S/C17H25F3N4O/c1-24-10-12(7-23-24)13-8-21-9-14(13)16(25)22-6-11-4-2-3-5-15(11)17(18,19)20/h7,10-11,13-15,21H,2-6,8-9H2,1H3,(H,22,25)/t11?,13-,14+,15?/m1/s1. The summed E-state index contributed by atoms with van der Waals surface area (Å²) in [5, 5.41) is 10.1. The van der Waals surface area contributed by atoms with E-state index in [0.717, 1.165) is 12.0 Å². The predicted octanol–water partition coefficient (Wildman–Crippen LogP) is 2.21. The van der Waals surface area contributed by atoms with Crippen LogP contribution in [0.4, 0.5) is 13.2 Å². The Labute approximate surface area is 145 Å². The van der Waals surface area contributed by atoms with Crippen LogP contribution in [0.2, 0.25) is 0 Å². The van der Waals surface area contributed by atoms with Crippen molar-refractivity contribution < 1.29 is 18.0 Å². The normalized spacial score (nSPS) is 30.4. The lowest BCUT2D eigenvalue weighted by atomic mass is 9.78. The van der Waals surface area contributed by atoms with Crippen LogP contribution in [0.5, 0.6) is 0 Å². The molecule has 1 amide bonds. The molecule has 0 spiro atoms. The molecular weight excluding hydrogens is 333 g/mol. The zero-order valence-corrected chi connectivity index (χ0v) is 14.4. The lowest BCUT2D eigenvalue weighted by molar-refractivity contribution is -0.195. The van der Waals surface area contributed by atoms with E-state index < -0.39 is 18.0 Å². The molecular formula is C17H25F3N4O. The monoisotopic (exact) mass is 358 g/mol. The van der Waals surface area contributed by atoms with Crippen LogP contribution in [0, 0.1) is 17.8 Å². The molecule has 0 radical (unpaired) electrons. The van der Waals surface area contributed by atoms with Crippen LogP contribution >= 0.6 is 0 Å². The van der Waals surface area contributed by atoms with Crippen LogP contribution in [0.1, 0.15) is 37.2 Å². The number of carbonyl (C=O) groups excluding carboxylic acids is 1. The summed E-state index contributed by atoms with van der Waals surface area (Å²) in [4.78, 5) is 12.6. The van der Waals surface area contributed by atoms with Gasteiger partial charge in [0, 0.05) is 38.8 Å². The highest BCUT2D eigenvalue weighted by atomic mass is 19.4. The third-order valence-corrected chi connectivity index (χ3v) is 5.57. The van der Waals surface area contributed by atoms with Crippen molar-refractivity contribution in [1.29, 1.82) is 0 Å². The molecule has 3 rings (SSSR count). The number of amides is 1. The summed E-state index contributed by atoms with van der Waals surface area (Å²) in [5.74, 6) is -2.22. The first kappa shape index (κ1) is 18.2. The molecule has 0 aromatic carbocycles. The van der Waals surface area contributed by atoms with E-state index in [0.29, 0.717) is 25.9 Å². The van der Waals surface area contributed by atoms with Crippen LogP contribution in [0.3, 0.4) is 0 Å². The molecule has 1 aliphatic heterocycles. The molecule has 1 saturated carbocycles. The minimum atomic E-state index is -4.18. The molecule has 25 heavy (non-hydrogen) atoms. The van der Waals surface area contributed by atoms with Gasteiger partial charge in [-0.25, -0.2) is 0 Å². The maximum Gasteiger partial charge on any atom is 0.392 e. The number of aromatic nitrogens is 2. The summed E-state index contributed by atoms with van der Waals surface area (Å²) < 4.78 is 41.2. The van der Waals surface area contributed by atoms with Gasteiger partial charge in [-0.15, -0.1) is 0 Å². The Kier molecular flexibility index (Phi) is 5.36. The van der Waals surface area contributed by atoms with Crippen LogP contribution in [0.25, 0.3) is 0 Å². The lowest BCUT2D eigenvalue weighted by Crippen LogP contribution is -2.42. The highest BCUT2D eigenvalue weighted by molar-refractivity contribution is 5.80. The molecule has 140 valence electrons. The molecule has 1 aromatic heterocycles. The summed E-state index contributed by atoms with van der Waals surface area (Å²) in [5.41, 5.74) is 0.985. The second-order valence-corrected chi connectivity index (χ2v) is 7.26. The Balaban J connectivity index is 1.59. The topological polar surface area (TPSA) is 59.0 Å². The molecule has 8 heteroatoms. The van der Waals surface area contributed by atoms with E-state index in [2.05, 4.69) is 15.7 Å². The maximum absolute atomic E-state index is 13.2. The van der Waals surface area contributed by atoms with Gasteiger partial charge in [0.2, 0.25) is 5.91 Å². The fourth-order valence-corrected chi connectivity index (χ4v) is 4.18. The second kappa shape index (κ2) is 7.35. The van der Waals surface area contributed by atoms with E-state index in [4.69, 9.17) is 0 Å². The van der Waals surface area contributed by atoms with Crippen molar-refractivity contribution in [1.82, 2.24) is 20.4 Å². The first-order valence-electron chi connectivity index (χ1n) is 8.90. The molecule has 2 unspecified atom stereocenters. The zero-order valence-electron chi connectivity index (χ0n) is 14.4. The van der Waals surface area contributed by atoms with Gasteiger partial charge in [0.15, 0.2) is 0 Å². The molecule has 2 aliphatic rings. The van der Waals surface area contributed by atoms with Gasteiger partial charge in [-0.05, 0) is 24.3 Å². The maximum atomic E-state index is 13.2. The number of hydrogen-bond donors (Lipinski definition) is 2. The van der Waals surface area contributed by atoms with Gasteiger partial charge >= 0.3 is 6.18 Å². The summed E-state index contributed by atoms with van der Waals surface area (Å²) >= 11 is 0. The van der Waals surface area contributed by atoms with Crippen LogP contribution in [0.15, 0.2) is 12.4 Å². The Morgan fingerprint density at radius 2 is 2.12 bits per heavy atom. The van der Waals surface area contributed by atoms with Crippen molar-refractivity contribution in [3.8, 4) is 0 Å². The summed E-state index contributed by atoms with van der Waals surface area (Å²) in [6.07, 6.45) is 1.58. The van der Waals surface area contributed by atoms with E-state index in [1.807, 2.05) is 13.2 Å². The molecule has 1 saturated heterocycles. The summed E-state index contributed by atoms with van der Waals surface area (Å²) in [6.45, 7) is 1.33. The molecule has 4 atom stereocenters. The molecule has 1 aliphatic carbocycles. The number of nitrogens with one attached hydrogen (secondary N) is 2. The van der Waals surface area contributed by atoms with Crippen molar-refractivity contribution >= 4 is 5.91 Å². The quantitative estimate of drug-likeness (QED) is 0.868. The van der Waals surface area contributed by atoms with Crippen LogP contribution in [-0.4, -0.2) is 41.5 Å². The molecule has 5 nitrogen and oxygen atoms in total. The van der Waals surface area contributed by atoms with E-state index in [9.17, 15) is 18.0 Å². The van der Waals surface area contributed by atoms with Crippen LogP contribution < -0.4 is 10.6 Å². The molecule has 2 N–H and O–H groups in total. The smallest absolute Gasteiger partial charge is 0.356 e. The average Bonchev–Trinajstić information content (AvgIpc) is 3.20. The highest BCUT2D eigenvalue weighted by Gasteiger charge is 2.45. The number of aryl methyl sites for hydroxylation is 1. The van der Waals surface area contributed by atoms with Crippen molar-refractivity contribution in [2.24, 2.45) is 24.8 Å². The number of nitrogens with zero attached hydrogens (tertiary/aromatic N) is 2. The number of carbonyl (C=O) groups is 1. The van der Waals surface area contributed by atoms with Crippen molar-refractivity contribution in [2.45, 2.75) is 37.8 Å². The van der Waals surface area contributed by atoms with Crippen LogP contribution in [-0.2, 0) is 11.8 Å². The Morgan fingerprint density at radius 3 is 2.80 bits per heavy atom. The fraction of sp³-hybridized carbons (Fsp3) is 0.765. The zero-order chi connectivity index (χ0) is 18.0. The van der Waals surface area contributed by atoms with Gasteiger partial charge < -0.3 is 10.6 Å². The largest absolute Gasteiger partial charge is 0.392 e. The Bertz CT molecular complexity index is 601. The first-order valence-corrected chi connectivity index (χ1v) is 8.90. The third kappa shape index (κ3) is 4.16. The summed E-state index contributed by atoms with van der Waals surface area (Å²) in [7, 11) is 1.82. The SMILES string of the molecule is Cn1cc([C@H]2CNC[C@@H]2C(=O)NCC2CCCCC2C(F)(F)F)cn1. The van der Waals surface area contributed by atoms with E-state index in [1.54, 1.807) is 10.9 Å². The number of halogens is 3. The fourth-order valence-electron chi connectivity index (χ4n) is 4.18. The van der Waals surface area contributed by atoms with E-state index in [1.165, 1.54) is 0 Å². The van der Waals surface area contributed by atoms with E-state index >= 15 is 0 Å². The average molecular weight is 358 g/mol. The van der Waals surface area contributed by atoms with Gasteiger partial charge in [0.05, 0.1) is 18.0 Å². The van der Waals surface area contributed by atoms with Gasteiger partial charge in [0.1, 0.15) is 0 Å². The van der Waals surface area contributed by atoms with Gasteiger partial charge in [-0.3, -0.25) is 9.48 Å². The van der Waals surface area contributed by atoms with Gasteiger partial charge in [-0.2, -0.15) is 18.3 Å². The molecule has 1 aromatic rings. The number of rotatable bonds is 4. The Hall–Kier alpha value is -1.57. The van der Waals surface area contributed by atoms with Gasteiger partial charge in [-0.1, -0.05) is 12.8 Å². The molecule has 2 heterocycles. The number of alkyl halides is 3. The predicted molar refractivity (Wildman–Crippen MR) is 86.8 cm³/mol. The second-order valence-electron chi connectivity index (χ2n) is 7.26. The van der Waals surface area contributed by atoms with Gasteiger partial charge in [0.25, 0.3) is 0 Å². The van der Waals surface area contributed by atoms with E-state index in [-0.39, 0.29) is 30.7 Å². The van der Waals surface area contributed by atoms with Crippen molar-refractivity contribution in [2.75, 3.05) is 19.6 Å². The Morgan fingerprint density at radius 1 is 1.36 bits per heavy atom. The first-order chi connectivity index (χ1) is 11.9. The lowest BCUT2D eigenvalue weighted by Gasteiger charge is -2.33.